The van der Waals surface area contributed by atoms with Crippen molar-refractivity contribution in [1.29, 1.82) is 0 Å². The molecule has 2 rings (SSSR count). The fourth-order valence-electron chi connectivity index (χ4n) is 2.35. The van der Waals surface area contributed by atoms with Gasteiger partial charge in [-0.2, -0.15) is 0 Å². The SMILES string of the molecule is CCNC(=NCCCOc1ccccc1)NCCC(=O)Nc1ccc(C)cn1. The highest BCUT2D eigenvalue weighted by Gasteiger charge is 2.04. The van der Waals surface area contributed by atoms with Crippen LogP contribution in [0.3, 0.4) is 0 Å². The van der Waals surface area contributed by atoms with Crippen molar-refractivity contribution in [2.45, 2.75) is 26.7 Å². The molecular weight excluding hydrogens is 354 g/mol. The molecule has 7 heteroatoms. The maximum Gasteiger partial charge on any atom is 0.227 e. The highest BCUT2D eigenvalue weighted by atomic mass is 16.5. The molecule has 0 saturated heterocycles. The number of aryl methyl sites for hydroxylation is 1. The number of amides is 1. The highest BCUT2D eigenvalue weighted by Crippen LogP contribution is 2.08. The van der Waals surface area contributed by atoms with E-state index in [-0.39, 0.29) is 5.91 Å². The van der Waals surface area contributed by atoms with Crippen LogP contribution in [-0.4, -0.2) is 43.1 Å². The molecule has 0 radical (unpaired) electrons. The number of hydrogen-bond acceptors (Lipinski definition) is 4. The van der Waals surface area contributed by atoms with Crippen LogP contribution < -0.4 is 20.7 Å². The van der Waals surface area contributed by atoms with Crippen LogP contribution in [0, 0.1) is 6.92 Å². The number of aromatic nitrogens is 1. The molecule has 28 heavy (non-hydrogen) atoms. The first-order valence-corrected chi connectivity index (χ1v) is 9.60. The van der Waals surface area contributed by atoms with Gasteiger partial charge in [-0.05, 0) is 37.6 Å². The van der Waals surface area contributed by atoms with Crippen LogP contribution in [0.1, 0.15) is 25.3 Å². The predicted octanol–water partition coefficient (Wildman–Crippen LogP) is 2.74. The monoisotopic (exact) mass is 383 g/mol. The van der Waals surface area contributed by atoms with Gasteiger partial charge in [0.1, 0.15) is 11.6 Å². The summed E-state index contributed by atoms with van der Waals surface area (Å²) >= 11 is 0. The van der Waals surface area contributed by atoms with Crippen LogP contribution in [0.5, 0.6) is 5.75 Å². The van der Waals surface area contributed by atoms with Gasteiger partial charge in [-0.15, -0.1) is 0 Å². The van der Waals surface area contributed by atoms with Crippen LogP contribution in [0.15, 0.2) is 53.7 Å². The number of hydrogen-bond donors (Lipinski definition) is 3. The Bertz CT molecular complexity index is 732. The average Bonchev–Trinajstić information content (AvgIpc) is 2.70. The Balaban J connectivity index is 1.65. The molecule has 0 bridgehead atoms. The quantitative estimate of drug-likeness (QED) is 0.334. The number of para-hydroxylation sites is 1. The van der Waals surface area contributed by atoms with Gasteiger partial charge in [-0.1, -0.05) is 24.3 Å². The third-order valence-electron chi connectivity index (χ3n) is 3.75. The number of benzene rings is 1. The Morgan fingerprint density at radius 2 is 1.96 bits per heavy atom. The van der Waals surface area contributed by atoms with Crippen LogP contribution in [0.25, 0.3) is 0 Å². The molecule has 0 aliphatic heterocycles. The number of rotatable bonds is 10. The Labute approximate surface area is 166 Å². The Hall–Kier alpha value is -3.09. The van der Waals surface area contributed by atoms with E-state index in [1.54, 1.807) is 12.3 Å². The van der Waals surface area contributed by atoms with Crippen molar-refractivity contribution in [3.8, 4) is 5.75 Å². The number of nitrogens with one attached hydrogen (secondary N) is 3. The van der Waals surface area contributed by atoms with E-state index in [4.69, 9.17) is 4.74 Å². The molecule has 0 aliphatic rings. The molecule has 2 aromatic rings. The molecule has 0 fully saturated rings. The predicted molar refractivity (Wildman–Crippen MR) is 113 cm³/mol. The molecule has 0 unspecified atom stereocenters. The average molecular weight is 383 g/mol. The van der Waals surface area contributed by atoms with Crippen molar-refractivity contribution in [2.24, 2.45) is 4.99 Å². The van der Waals surface area contributed by atoms with Crippen molar-refractivity contribution in [3.63, 3.8) is 0 Å². The molecule has 0 spiro atoms. The number of carbonyl (C=O) groups excluding carboxylic acids is 1. The number of anilines is 1. The Kier molecular flexibility index (Phi) is 9.34. The topological polar surface area (TPSA) is 87.6 Å². The number of guanidine groups is 1. The van der Waals surface area contributed by atoms with E-state index in [0.717, 1.165) is 24.3 Å². The van der Waals surface area contributed by atoms with Gasteiger partial charge >= 0.3 is 0 Å². The zero-order valence-corrected chi connectivity index (χ0v) is 16.6. The third-order valence-corrected chi connectivity index (χ3v) is 3.75. The highest BCUT2D eigenvalue weighted by molar-refractivity contribution is 5.90. The molecule has 1 amide bonds. The lowest BCUT2D eigenvalue weighted by molar-refractivity contribution is -0.116. The zero-order chi connectivity index (χ0) is 20.0. The van der Waals surface area contributed by atoms with E-state index in [0.29, 0.717) is 37.9 Å². The summed E-state index contributed by atoms with van der Waals surface area (Å²) in [6.45, 7) is 6.46. The fourth-order valence-corrected chi connectivity index (χ4v) is 2.35. The summed E-state index contributed by atoms with van der Waals surface area (Å²) in [6.07, 6.45) is 2.87. The number of pyridine rings is 1. The van der Waals surface area contributed by atoms with Crippen LogP contribution in [0.2, 0.25) is 0 Å². The lowest BCUT2D eigenvalue weighted by Crippen LogP contribution is -2.38. The molecule has 0 saturated carbocycles. The largest absolute Gasteiger partial charge is 0.494 e. The van der Waals surface area contributed by atoms with Gasteiger partial charge in [0.15, 0.2) is 5.96 Å². The number of aliphatic imine (C=N–C) groups is 1. The van der Waals surface area contributed by atoms with Gasteiger partial charge in [-0.25, -0.2) is 4.98 Å². The van der Waals surface area contributed by atoms with E-state index in [1.807, 2.05) is 50.2 Å². The van der Waals surface area contributed by atoms with E-state index < -0.39 is 0 Å². The standard InChI is InChI=1S/C21H29N5O2/c1-3-22-21(23-13-7-15-28-18-8-5-4-6-9-18)24-14-12-20(27)26-19-11-10-17(2)16-25-19/h4-6,8-11,16H,3,7,12-15H2,1-2H3,(H2,22,23,24)(H,25,26,27). The maximum atomic E-state index is 12.0. The van der Waals surface area contributed by atoms with E-state index in [1.165, 1.54) is 0 Å². The minimum atomic E-state index is -0.0871. The van der Waals surface area contributed by atoms with Gasteiger partial charge in [0.2, 0.25) is 5.91 Å². The lowest BCUT2D eigenvalue weighted by Gasteiger charge is -2.11. The van der Waals surface area contributed by atoms with Crippen LogP contribution in [-0.2, 0) is 4.79 Å². The molecule has 7 nitrogen and oxygen atoms in total. The van der Waals surface area contributed by atoms with Gasteiger partial charge in [0, 0.05) is 38.7 Å². The van der Waals surface area contributed by atoms with Crippen molar-refractivity contribution in [3.05, 3.63) is 54.2 Å². The summed E-state index contributed by atoms with van der Waals surface area (Å²) in [5, 5.41) is 9.13. The maximum absolute atomic E-state index is 12.0. The third kappa shape index (κ3) is 8.53. The van der Waals surface area contributed by atoms with Crippen molar-refractivity contribution < 1.29 is 9.53 Å². The zero-order valence-electron chi connectivity index (χ0n) is 16.6. The van der Waals surface area contributed by atoms with Crippen LogP contribution >= 0.6 is 0 Å². The molecule has 1 aromatic carbocycles. The Morgan fingerprint density at radius 3 is 2.68 bits per heavy atom. The first-order chi connectivity index (χ1) is 13.7. The molecule has 0 atom stereocenters. The summed E-state index contributed by atoms with van der Waals surface area (Å²) in [4.78, 5) is 20.7. The van der Waals surface area contributed by atoms with Crippen LogP contribution in [0.4, 0.5) is 5.82 Å². The van der Waals surface area contributed by atoms with E-state index >= 15 is 0 Å². The second-order valence-corrected chi connectivity index (χ2v) is 6.22. The second-order valence-electron chi connectivity index (χ2n) is 6.22. The first kappa shape index (κ1) is 21.2. The van der Waals surface area contributed by atoms with Gasteiger partial charge in [0.25, 0.3) is 0 Å². The van der Waals surface area contributed by atoms with Crippen molar-refractivity contribution in [1.82, 2.24) is 15.6 Å². The molecule has 1 heterocycles. The minimum absolute atomic E-state index is 0.0871. The minimum Gasteiger partial charge on any atom is -0.494 e. The van der Waals surface area contributed by atoms with E-state index in [2.05, 4.69) is 25.9 Å². The lowest BCUT2D eigenvalue weighted by atomic mass is 10.3. The smallest absolute Gasteiger partial charge is 0.227 e. The molecule has 150 valence electrons. The number of nitrogens with zero attached hydrogens (tertiary/aromatic N) is 2. The number of carbonyl (C=O) groups is 1. The molecule has 3 N–H and O–H groups in total. The molecule has 0 aliphatic carbocycles. The van der Waals surface area contributed by atoms with E-state index in [9.17, 15) is 4.79 Å². The van der Waals surface area contributed by atoms with Crippen molar-refractivity contribution >= 4 is 17.7 Å². The summed E-state index contributed by atoms with van der Waals surface area (Å²) in [7, 11) is 0. The summed E-state index contributed by atoms with van der Waals surface area (Å²) in [6, 6.07) is 13.4. The summed E-state index contributed by atoms with van der Waals surface area (Å²) in [5.41, 5.74) is 1.06. The molecular formula is C21H29N5O2. The summed E-state index contributed by atoms with van der Waals surface area (Å²) in [5.74, 6) is 2.04. The fraction of sp³-hybridized carbons (Fsp3) is 0.381. The van der Waals surface area contributed by atoms with Gasteiger partial charge < -0.3 is 20.7 Å². The normalized spacial score (nSPS) is 11.0. The van der Waals surface area contributed by atoms with Gasteiger partial charge in [0.05, 0.1) is 6.61 Å². The summed E-state index contributed by atoms with van der Waals surface area (Å²) < 4.78 is 5.66. The van der Waals surface area contributed by atoms with Gasteiger partial charge in [-0.3, -0.25) is 9.79 Å². The number of ether oxygens (including phenoxy) is 1. The first-order valence-electron chi connectivity index (χ1n) is 9.60. The van der Waals surface area contributed by atoms with Crippen molar-refractivity contribution in [2.75, 3.05) is 31.6 Å². The molecule has 1 aromatic heterocycles. The second kappa shape index (κ2) is 12.3. The Morgan fingerprint density at radius 1 is 1.14 bits per heavy atom.